The third-order valence-electron chi connectivity index (χ3n) is 4.09. The van der Waals surface area contributed by atoms with E-state index >= 15 is 0 Å². The minimum absolute atomic E-state index is 0.879. The summed E-state index contributed by atoms with van der Waals surface area (Å²) in [5.41, 5.74) is 0. The Labute approximate surface area is 94.4 Å². The fraction of sp³-hybridized carbons (Fsp3) is 1.00. The van der Waals surface area contributed by atoms with E-state index in [9.17, 15) is 0 Å². The normalized spacial score (nSPS) is 33.2. The van der Waals surface area contributed by atoms with Crippen LogP contribution in [0.25, 0.3) is 0 Å². The molecule has 0 aromatic carbocycles. The summed E-state index contributed by atoms with van der Waals surface area (Å²) in [5.74, 6) is 1.96. The molecule has 1 saturated heterocycles. The van der Waals surface area contributed by atoms with Gasteiger partial charge in [0.05, 0.1) is 0 Å². The summed E-state index contributed by atoms with van der Waals surface area (Å²) in [5, 5.41) is 3.76. The van der Waals surface area contributed by atoms with Crippen LogP contribution in [0.2, 0.25) is 0 Å². The molecule has 0 aromatic rings. The van der Waals surface area contributed by atoms with Gasteiger partial charge in [0.1, 0.15) is 0 Å². The van der Waals surface area contributed by atoms with Gasteiger partial charge in [-0.25, -0.2) is 0 Å². The molecule has 2 fully saturated rings. The van der Waals surface area contributed by atoms with Crippen molar-refractivity contribution < 1.29 is 0 Å². The van der Waals surface area contributed by atoms with E-state index < -0.39 is 0 Å². The Bertz CT molecular complexity index is 185. The highest BCUT2D eigenvalue weighted by Gasteiger charge is 2.35. The molecule has 2 atom stereocenters. The van der Waals surface area contributed by atoms with Crippen LogP contribution in [0.4, 0.5) is 0 Å². The summed E-state index contributed by atoms with van der Waals surface area (Å²) in [7, 11) is 2.24. The van der Waals surface area contributed by atoms with Gasteiger partial charge in [0.25, 0.3) is 0 Å². The monoisotopic (exact) mass is 210 g/mol. The number of nitrogens with zero attached hydrogens (tertiary/aromatic N) is 1. The summed E-state index contributed by atoms with van der Waals surface area (Å²) < 4.78 is 0. The lowest BCUT2D eigenvalue weighted by molar-refractivity contribution is 0.215. The predicted octanol–water partition coefficient (Wildman–Crippen LogP) is 2.11. The lowest BCUT2D eigenvalue weighted by Crippen LogP contribution is -2.35. The van der Waals surface area contributed by atoms with Gasteiger partial charge < -0.3 is 10.2 Å². The Morgan fingerprint density at radius 3 is 2.67 bits per heavy atom. The van der Waals surface area contributed by atoms with E-state index in [0.29, 0.717) is 0 Å². The largest absolute Gasteiger partial charge is 0.313 e. The van der Waals surface area contributed by atoms with Crippen molar-refractivity contribution >= 4 is 0 Å². The molecule has 0 radical (unpaired) electrons. The highest BCUT2D eigenvalue weighted by atomic mass is 15.1. The third-order valence-corrected chi connectivity index (χ3v) is 4.09. The summed E-state index contributed by atoms with van der Waals surface area (Å²) in [6, 6.07) is 0.879. The van der Waals surface area contributed by atoms with Crippen LogP contribution in [0.15, 0.2) is 0 Å². The van der Waals surface area contributed by atoms with E-state index in [1.165, 1.54) is 51.7 Å². The van der Waals surface area contributed by atoms with Gasteiger partial charge in [-0.15, -0.1) is 0 Å². The van der Waals surface area contributed by atoms with Gasteiger partial charge in [-0.2, -0.15) is 0 Å². The minimum atomic E-state index is 0.879. The molecule has 1 aliphatic heterocycles. The standard InChI is InChI=1S/C13H26N2/c1-3-4-12-9-13(12)14-10-11-5-7-15(2)8-6-11/h11-14H,3-10H2,1-2H3. The van der Waals surface area contributed by atoms with Crippen molar-refractivity contribution in [2.75, 3.05) is 26.7 Å². The zero-order chi connectivity index (χ0) is 10.7. The summed E-state index contributed by atoms with van der Waals surface area (Å²) in [4.78, 5) is 2.45. The van der Waals surface area contributed by atoms with Gasteiger partial charge in [-0.05, 0) is 64.2 Å². The molecule has 1 N–H and O–H groups in total. The highest BCUT2D eigenvalue weighted by molar-refractivity contribution is 4.93. The lowest BCUT2D eigenvalue weighted by atomic mass is 9.97. The van der Waals surface area contributed by atoms with Crippen molar-refractivity contribution in [2.24, 2.45) is 11.8 Å². The molecule has 2 unspecified atom stereocenters. The van der Waals surface area contributed by atoms with Crippen LogP contribution in [0.1, 0.15) is 39.0 Å². The number of rotatable bonds is 5. The van der Waals surface area contributed by atoms with Crippen LogP contribution in [-0.2, 0) is 0 Å². The van der Waals surface area contributed by atoms with Crippen molar-refractivity contribution in [3.63, 3.8) is 0 Å². The smallest absolute Gasteiger partial charge is 0.00992 e. The van der Waals surface area contributed by atoms with Crippen molar-refractivity contribution in [1.82, 2.24) is 10.2 Å². The average Bonchev–Trinajstić information content (AvgIpc) is 2.97. The first-order valence-corrected chi connectivity index (χ1v) is 6.71. The number of likely N-dealkylation sites (tertiary alicyclic amines) is 1. The van der Waals surface area contributed by atoms with Crippen molar-refractivity contribution in [1.29, 1.82) is 0 Å². The number of nitrogens with one attached hydrogen (secondary N) is 1. The Morgan fingerprint density at radius 1 is 1.27 bits per heavy atom. The van der Waals surface area contributed by atoms with Crippen LogP contribution in [-0.4, -0.2) is 37.6 Å². The van der Waals surface area contributed by atoms with Gasteiger partial charge in [0.2, 0.25) is 0 Å². The molecule has 1 saturated carbocycles. The van der Waals surface area contributed by atoms with Crippen LogP contribution in [0.3, 0.4) is 0 Å². The predicted molar refractivity (Wildman–Crippen MR) is 65.0 cm³/mol. The lowest BCUT2D eigenvalue weighted by Gasteiger charge is -2.29. The van der Waals surface area contributed by atoms with Gasteiger partial charge in [-0.3, -0.25) is 0 Å². The summed E-state index contributed by atoms with van der Waals surface area (Å²) in [6.07, 6.45) is 7.03. The van der Waals surface area contributed by atoms with E-state index in [4.69, 9.17) is 0 Å². The first-order chi connectivity index (χ1) is 7.29. The third kappa shape index (κ3) is 3.46. The second-order valence-electron chi connectivity index (χ2n) is 5.55. The SMILES string of the molecule is CCCC1CC1NCC1CCN(C)CC1. The van der Waals surface area contributed by atoms with Crippen LogP contribution < -0.4 is 5.32 Å². The van der Waals surface area contributed by atoms with E-state index in [1.807, 2.05) is 0 Å². The fourth-order valence-corrected chi connectivity index (χ4v) is 2.77. The van der Waals surface area contributed by atoms with E-state index in [1.54, 1.807) is 0 Å². The molecule has 0 spiro atoms. The number of hydrogen-bond donors (Lipinski definition) is 1. The molecule has 2 nitrogen and oxygen atoms in total. The van der Waals surface area contributed by atoms with E-state index in [0.717, 1.165) is 17.9 Å². The second kappa shape index (κ2) is 5.31. The fourth-order valence-electron chi connectivity index (χ4n) is 2.77. The zero-order valence-electron chi connectivity index (χ0n) is 10.3. The maximum Gasteiger partial charge on any atom is 0.00992 e. The van der Waals surface area contributed by atoms with Gasteiger partial charge in [0, 0.05) is 6.04 Å². The maximum absolute atomic E-state index is 3.76. The quantitative estimate of drug-likeness (QED) is 0.747. The molecule has 1 heterocycles. The molecule has 2 rings (SSSR count). The van der Waals surface area contributed by atoms with Crippen LogP contribution >= 0.6 is 0 Å². The summed E-state index contributed by atoms with van der Waals surface area (Å²) in [6.45, 7) is 6.18. The average molecular weight is 210 g/mol. The molecule has 88 valence electrons. The van der Waals surface area contributed by atoms with Crippen molar-refractivity contribution in [3.8, 4) is 0 Å². The molecular formula is C13H26N2. The van der Waals surface area contributed by atoms with E-state index in [-0.39, 0.29) is 0 Å². The zero-order valence-corrected chi connectivity index (χ0v) is 10.3. The molecule has 0 aromatic heterocycles. The molecular weight excluding hydrogens is 184 g/mol. The van der Waals surface area contributed by atoms with Crippen LogP contribution in [0, 0.1) is 11.8 Å². The Kier molecular flexibility index (Phi) is 4.04. The molecule has 15 heavy (non-hydrogen) atoms. The number of piperidine rings is 1. The second-order valence-corrected chi connectivity index (χ2v) is 5.55. The van der Waals surface area contributed by atoms with Crippen LogP contribution in [0.5, 0.6) is 0 Å². The highest BCUT2D eigenvalue weighted by Crippen LogP contribution is 2.34. The molecule has 0 bridgehead atoms. The van der Waals surface area contributed by atoms with E-state index in [2.05, 4.69) is 24.2 Å². The van der Waals surface area contributed by atoms with Crippen molar-refractivity contribution in [2.45, 2.75) is 45.1 Å². The number of hydrogen-bond acceptors (Lipinski definition) is 2. The molecule has 2 aliphatic rings. The van der Waals surface area contributed by atoms with Gasteiger partial charge in [-0.1, -0.05) is 13.3 Å². The Morgan fingerprint density at radius 2 is 2.00 bits per heavy atom. The molecule has 2 heteroatoms. The molecule has 1 aliphatic carbocycles. The van der Waals surface area contributed by atoms with Gasteiger partial charge >= 0.3 is 0 Å². The topological polar surface area (TPSA) is 15.3 Å². The Hall–Kier alpha value is -0.0800. The van der Waals surface area contributed by atoms with Gasteiger partial charge in [0.15, 0.2) is 0 Å². The first-order valence-electron chi connectivity index (χ1n) is 6.71. The van der Waals surface area contributed by atoms with Crippen molar-refractivity contribution in [3.05, 3.63) is 0 Å². The summed E-state index contributed by atoms with van der Waals surface area (Å²) >= 11 is 0. The maximum atomic E-state index is 3.76. The first kappa shape index (κ1) is 11.4. The molecule has 0 amide bonds. The Balaban J connectivity index is 1.55. The minimum Gasteiger partial charge on any atom is -0.313 e.